The second kappa shape index (κ2) is 8.78. The lowest BCUT2D eigenvalue weighted by Gasteiger charge is -2.17. The van der Waals surface area contributed by atoms with Crippen LogP contribution in [-0.4, -0.2) is 29.5 Å². The Morgan fingerprint density at radius 3 is 2.21 bits per heavy atom. The van der Waals surface area contributed by atoms with Crippen molar-refractivity contribution in [3.8, 4) is 0 Å². The van der Waals surface area contributed by atoms with Gasteiger partial charge in [-0.3, -0.25) is 24.9 Å². The standard InChI is InChI=1S/C21H17N5O6S/c27-21-20(23-22-15-8-12-18(13-9-15)33(30,31)32)19(14-6-10-17(11-7-14)26(28)29)24-25(21)16-4-2-1-3-5-16/h1-13,19,22,24H,(H,30,31,32)/b23-20-. The molecule has 4 rings (SSSR count). The van der Waals surface area contributed by atoms with Crippen LogP contribution in [0.15, 0.2) is 88.9 Å². The number of hydrazone groups is 1. The summed E-state index contributed by atoms with van der Waals surface area (Å²) in [5.41, 5.74) is 7.32. The summed E-state index contributed by atoms with van der Waals surface area (Å²) >= 11 is 0. The number of anilines is 2. The third kappa shape index (κ3) is 4.72. The van der Waals surface area contributed by atoms with Crippen molar-refractivity contribution in [3.05, 3.63) is 94.5 Å². The molecule has 0 spiro atoms. The number of nitrogens with zero attached hydrogens (tertiary/aromatic N) is 3. The van der Waals surface area contributed by atoms with Crippen molar-refractivity contribution < 1.29 is 22.7 Å². The quantitative estimate of drug-likeness (QED) is 0.284. The number of nitro benzene ring substituents is 1. The molecule has 12 heteroatoms. The molecule has 1 amide bonds. The average Bonchev–Trinajstić information content (AvgIpc) is 3.14. The van der Waals surface area contributed by atoms with Gasteiger partial charge in [0.05, 0.1) is 21.2 Å². The number of hydrogen-bond donors (Lipinski definition) is 3. The summed E-state index contributed by atoms with van der Waals surface area (Å²) in [7, 11) is -4.33. The molecule has 1 saturated heterocycles. The van der Waals surface area contributed by atoms with Crippen LogP contribution in [-0.2, 0) is 14.9 Å². The predicted molar refractivity (Wildman–Crippen MR) is 120 cm³/mol. The number of hydrogen-bond acceptors (Lipinski definition) is 8. The third-order valence-electron chi connectivity index (χ3n) is 4.86. The van der Waals surface area contributed by atoms with Gasteiger partial charge < -0.3 is 0 Å². The Morgan fingerprint density at radius 2 is 1.64 bits per heavy atom. The molecule has 0 saturated carbocycles. The van der Waals surface area contributed by atoms with E-state index < -0.39 is 27.0 Å². The third-order valence-corrected chi connectivity index (χ3v) is 5.73. The van der Waals surface area contributed by atoms with Gasteiger partial charge in [0.25, 0.3) is 21.7 Å². The van der Waals surface area contributed by atoms with E-state index in [0.29, 0.717) is 16.9 Å². The fourth-order valence-corrected chi connectivity index (χ4v) is 3.70. The topological polar surface area (TPSA) is 154 Å². The van der Waals surface area contributed by atoms with Crippen molar-refractivity contribution in [3.63, 3.8) is 0 Å². The highest BCUT2D eigenvalue weighted by Gasteiger charge is 2.39. The molecule has 3 aromatic rings. The normalized spacial score (nSPS) is 17.4. The molecule has 0 radical (unpaired) electrons. The van der Waals surface area contributed by atoms with Crippen LogP contribution in [0.3, 0.4) is 0 Å². The van der Waals surface area contributed by atoms with E-state index in [1.807, 2.05) is 6.07 Å². The highest BCUT2D eigenvalue weighted by molar-refractivity contribution is 7.85. The number of rotatable bonds is 6. The van der Waals surface area contributed by atoms with Gasteiger partial charge in [-0.25, -0.2) is 10.4 Å². The van der Waals surface area contributed by atoms with Crippen molar-refractivity contribution in [2.45, 2.75) is 10.9 Å². The Kier molecular flexibility index (Phi) is 5.87. The SMILES string of the molecule is O=C1/C(=N\Nc2ccc(S(=O)(=O)O)cc2)C(c2ccc([N+](=O)[O-])cc2)NN1c1ccccc1. The summed E-state index contributed by atoms with van der Waals surface area (Å²) in [6, 6.07) is 19.0. The molecule has 0 aliphatic carbocycles. The minimum atomic E-state index is -4.33. The van der Waals surface area contributed by atoms with Gasteiger partial charge in [0.2, 0.25) is 0 Å². The monoisotopic (exact) mass is 467 g/mol. The second-order valence-electron chi connectivity index (χ2n) is 7.00. The zero-order valence-corrected chi connectivity index (χ0v) is 17.6. The predicted octanol–water partition coefficient (Wildman–Crippen LogP) is 2.90. The molecule has 0 aromatic heterocycles. The summed E-state index contributed by atoms with van der Waals surface area (Å²) in [5, 5.41) is 16.5. The largest absolute Gasteiger partial charge is 0.294 e. The van der Waals surface area contributed by atoms with Gasteiger partial charge in [-0.15, -0.1) is 0 Å². The number of carbonyl (C=O) groups excluding carboxylic acids is 1. The number of nitro groups is 1. The van der Waals surface area contributed by atoms with Crippen LogP contribution in [0.2, 0.25) is 0 Å². The smallest absolute Gasteiger partial charge is 0.282 e. The fraction of sp³-hybridized carbons (Fsp3) is 0.0476. The van der Waals surface area contributed by atoms with Crippen LogP contribution in [0.4, 0.5) is 17.1 Å². The summed E-state index contributed by atoms with van der Waals surface area (Å²) in [4.78, 5) is 23.3. The van der Waals surface area contributed by atoms with E-state index in [4.69, 9.17) is 4.55 Å². The van der Waals surface area contributed by atoms with Gasteiger partial charge in [0.15, 0.2) is 5.71 Å². The number of non-ortho nitro benzene ring substituents is 1. The van der Waals surface area contributed by atoms with Gasteiger partial charge in [-0.2, -0.15) is 13.5 Å². The molecule has 33 heavy (non-hydrogen) atoms. The Hall–Kier alpha value is -4.13. The number of hydrazine groups is 1. The lowest BCUT2D eigenvalue weighted by atomic mass is 10.0. The van der Waals surface area contributed by atoms with Gasteiger partial charge in [-0.1, -0.05) is 30.3 Å². The van der Waals surface area contributed by atoms with Gasteiger partial charge in [0.1, 0.15) is 6.04 Å². The van der Waals surface area contributed by atoms with Crippen molar-refractivity contribution in [2.75, 3.05) is 10.4 Å². The van der Waals surface area contributed by atoms with E-state index >= 15 is 0 Å². The summed E-state index contributed by atoms with van der Waals surface area (Å²) in [6.45, 7) is 0. The van der Waals surface area contributed by atoms with Crippen LogP contribution in [0.1, 0.15) is 11.6 Å². The molecule has 1 heterocycles. The first-order valence-corrected chi connectivity index (χ1v) is 11.0. The van der Waals surface area contributed by atoms with Gasteiger partial charge in [0, 0.05) is 12.1 Å². The number of carbonyl (C=O) groups is 1. The minimum Gasteiger partial charge on any atom is -0.282 e. The number of benzene rings is 3. The second-order valence-corrected chi connectivity index (χ2v) is 8.42. The van der Waals surface area contributed by atoms with Crippen LogP contribution in [0, 0.1) is 10.1 Å². The Bertz CT molecular complexity index is 1330. The van der Waals surface area contributed by atoms with Crippen molar-refractivity contribution in [1.29, 1.82) is 0 Å². The van der Waals surface area contributed by atoms with E-state index in [2.05, 4.69) is 16.0 Å². The summed E-state index contributed by atoms with van der Waals surface area (Å²) in [5.74, 6) is -0.438. The van der Waals surface area contributed by atoms with Crippen LogP contribution >= 0.6 is 0 Å². The zero-order valence-electron chi connectivity index (χ0n) is 16.8. The molecule has 1 atom stereocenters. The first-order valence-electron chi connectivity index (χ1n) is 9.55. The molecule has 11 nitrogen and oxygen atoms in total. The van der Waals surface area contributed by atoms with Crippen LogP contribution < -0.4 is 15.9 Å². The molecule has 168 valence electrons. The van der Waals surface area contributed by atoms with Crippen molar-refractivity contribution >= 4 is 38.8 Å². The molecular formula is C21H17N5O6S. The Balaban J connectivity index is 1.66. The highest BCUT2D eigenvalue weighted by atomic mass is 32.2. The summed E-state index contributed by atoms with van der Waals surface area (Å²) in [6.07, 6.45) is 0. The van der Waals surface area contributed by atoms with E-state index in [1.165, 1.54) is 53.5 Å². The molecule has 3 aromatic carbocycles. The number of amides is 1. The molecule has 0 bridgehead atoms. The lowest BCUT2D eigenvalue weighted by molar-refractivity contribution is -0.384. The highest BCUT2D eigenvalue weighted by Crippen LogP contribution is 2.28. The fourth-order valence-electron chi connectivity index (χ4n) is 3.22. The molecule has 1 unspecified atom stereocenters. The van der Waals surface area contributed by atoms with Crippen molar-refractivity contribution in [1.82, 2.24) is 5.43 Å². The van der Waals surface area contributed by atoms with E-state index in [1.54, 1.807) is 24.3 Å². The maximum atomic E-state index is 13.1. The first-order chi connectivity index (χ1) is 15.7. The summed E-state index contributed by atoms with van der Waals surface area (Å²) < 4.78 is 31.5. The van der Waals surface area contributed by atoms with Crippen LogP contribution in [0.5, 0.6) is 0 Å². The van der Waals surface area contributed by atoms with E-state index in [9.17, 15) is 23.3 Å². The lowest BCUT2D eigenvalue weighted by Crippen LogP contribution is -2.35. The number of para-hydroxylation sites is 1. The minimum absolute atomic E-state index is 0.0847. The van der Waals surface area contributed by atoms with Crippen LogP contribution in [0.25, 0.3) is 0 Å². The van der Waals surface area contributed by atoms with E-state index in [-0.39, 0.29) is 16.3 Å². The average molecular weight is 467 g/mol. The number of nitrogens with one attached hydrogen (secondary N) is 2. The zero-order chi connectivity index (χ0) is 23.6. The van der Waals surface area contributed by atoms with Crippen molar-refractivity contribution in [2.24, 2.45) is 5.10 Å². The molecule has 1 fully saturated rings. The Labute approximate surface area is 188 Å². The van der Waals surface area contributed by atoms with Gasteiger partial charge >= 0.3 is 0 Å². The maximum Gasteiger partial charge on any atom is 0.294 e. The van der Waals surface area contributed by atoms with Gasteiger partial charge in [-0.05, 0) is 42.0 Å². The molecule has 1 aliphatic rings. The first kappa shape index (κ1) is 22.1. The molecular weight excluding hydrogens is 450 g/mol. The molecule has 1 aliphatic heterocycles. The Morgan fingerprint density at radius 1 is 1.00 bits per heavy atom. The van der Waals surface area contributed by atoms with E-state index in [0.717, 1.165) is 0 Å². The maximum absolute atomic E-state index is 13.1. The molecule has 3 N–H and O–H groups in total.